The number of likely N-dealkylation sites (tertiary alicyclic amines) is 1. The molecule has 1 atom stereocenters. The second-order valence-corrected chi connectivity index (χ2v) is 15.3. The van der Waals surface area contributed by atoms with E-state index in [1.807, 2.05) is 0 Å². The van der Waals surface area contributed by atoms with Crippen LogP contribution in [0.15, 0.2) is 0 Å². The molecule has 30 heavy (non-hydrogen) atoms. The first-order chi connectivity index (χ1) is 14.2. The van der Waals surface area contributed by atoms with Gasteiger partial charge in [0.05, 0.1) is 0 Å². The number of ether oxygens (including phenoxy) is 1. The zero-order valence-corrected chi connectivity index (χ0v) is 21.9. The molecular weight excluding hydrogens is 392 g/mol. The summed E-state index contributed by atoms with van der Waals surface area (Å²) in [6.45, 7) is 18.3. The Bertz CT molecular complexity index is 460. The molecule has 0 aromatic carbocycles. The van der Waals surface area contributed by atoms with E-state index in [0.29, 0.717) is 6.54 Å². The number of nitrogens with zero attached hydrogens (tertiary/aromatic N) is 1. The molecule has 1 heterocycles. The Kier molecular flexibility index (Phi) is 13.2. The predicted octanol–water partition coefficient (Wildman–Crippen LogP) is 6.34. The first kappa shape index (κ1) is 27.4. The summed E-state index contributed by atoms with van der Waals surface area (Å²) in [7, 11) is -1.70. The van der Waals surface area contributed by atoms with Crippen molar-refractivity contribution in [2.75, 3.05) is 32.8 Å². The summed E-state index contributed by atoms with van der Waals surface area (Å²) in [4.78, 5) is 14.8. The first-order valence-corrected chi connectivity index (χ1v) is 15.4. The van der Waals surface area contributed by atoms with Crippen LogP contribution in [0.3, 0.4) is 0 Å². The lowest BCUT2D eigenvalue weighted by Crippen LogP contribution is -2.41. The highest BCUT2D eigenvalue weighted by atomic mass is 28.4. The summed E-state index contributed by atoms with van der Waals surface area (Å²) in [5.41, 5.74) is 0. The van der Waals surface area contributed by atoms with E-state index in [1.54, 1.807) is 0 Å². The van der Waals surface area contributed by atoms with Crippen LogP contribution in [0.4, 0.5) is 4.79 Å². The van der Waals surface area contributed by atoms with Crippen molar-refractivity contribution in [3.8, 4) is 0 Å². The molecule has 0 spiro atoms. The van der Waals surface area contributed by atoms with Gasteiger partial charge in [-0.15, -0.1) is 0 Å². The van der Waals surface area contributed by atoms with Crippen molar-refractivity contribution in [3.05, 3.63) is 0 Å². The highest BCUT2D eigenvalue weighted by Crippen LogP contribution is 2.36. The summed E-state index contributed by atoms with van der Waals surface area (Å²) in [6.07, 6.45) is 11.3. The average Bonchev–Trinajstić information content (AvgIpc) is 2.68. The van der Waals surface area contributed by atoms with Crippen LogP contribution in [0.5, 0.6) is 0 Å². The molecule has 0 aromatic rings. The van der Waals surface area contributed by atoms with Crippen molar-refractivity contribution in [1.29, 1.82) is 0 Å². The lowest BCUT2D eigenvalue weighted by molar-refractivity contribution is 0.0803. The van der Waals surface area contributed by atoms with Crippen molar-refractivity contribution < 1.29 is 14.0 Å². The topological polar surface area (TPSA) is 50.8 Å². The molecular formula is C24H50N2O3Si. The number of hydrogen-bond acceptors (Lipinski definition) is 4. The molecule has 1 N–H and O–H groups in total. The van der Waals surface area contributed by atoms with Gasteiger partial charge in [-0.3, -0.25) is 0 Å². The zero-order valence-electron chi connectivity index (χ0n) is 20.9. The van der Waals surface area contributed by atoms with Gasteiger partial charge in [0, 0.05) is 19.7 Å². The molecule has 0 aromatic heterocycles. The average molecular weight is 443 g/mol. The Morgan fingerprint density at radius 2 is 1.70 bits per heavy atom. The lowest BCUT2D eigenvalue weighted by atomic mass is 10.1. The standard InChI is InChI=1S/C24H50N2O3Si/c1-7-8-9-11-15-22(16-14-21-28-30(5,6)24(2,3)4)29-23(27)25-17-20-26-18-12-10-13-19-26/h22H,7-21H2,1-6H3,(H,25,27). The fourth-order valence-electron chi connectivity index (χ4n) is 3.61. The van der Waals surface area contributed by atoms with Gasteiger partial charge >= 0.3 is 6.09 Å². The number of nitrogens with one attached hydrogen (secondary N) is 1. The van der Waals surface area contributed by atoms with Gasteiger partial charge in [0.2, 0.25) is 0 Å². The molecule has 0 radical (unpaired) electrons. The number of carbonyl (C=O) groups is 1. The number of carbonyl (C=O) groups excluding carboxylic acids is 1. The molecule has 0 bridgehead atoms. The van der Waals surface area contributed by atoms with Crippen molar-refractivity contribution >= 4 is 14.4 Å². The fourth-order valence-corrected chi connectivity index (χ4v) is 4.70. The predicted molar refractivity (Wildman–Crippen MR) is 130 cm³/mol. The van der Waals surface area contributed by atoms with Gasteiger partial charge in [0.1, 0.15) is 6.10 Å². The van der Waals surface area contributed by atoms with Gasteiger partial charge in [-0.05, 0) is 69.7 Å². The third-order valence-corrected chi connectivity index (χ3v) is 11.3. The van der Waals surface area contributed by atoms with Crippen molar-refractivity contribution in [2.45, 2.75) is 116 Å². The van der Waals surface area contributed by atoms with Gasteiger partial charge in [0.15, 0.2) is 8.32 Å². The van der Waals surface area contributed by atoms with Crippen LogP contribution in [-0.2, 0) is 9.16 Å². The quantitative estimate of drug-likeness (QED) is 0.252. The minimum Gasteiger partial charge on any atom is -0.446 e. The molecule has 1 aliphatic rings. The Hall–Kier alpha value is -0.593. The van der Waals surface area contributed by atoms with Gasteiger partial charge < -0.3 is 19.4 Å². The van der Waals surface area contributed by atoms with E-state index in [0.717, 1.165) is 51.9 Å². The third kappa shape index (κ3) is 11.7. The molecule has 5 nitrogen and oxygen atoms in total. The summed E-state index contributed by atoms with van der Waals surface area (Å²) in [6, 6.07) is 0. The zero-order chi connectivity index (χ0) is 22.5. The molecule has 1 aliphatic heterocycles. The second kappa shape index (κ2) is 14.5. The van der Waals surface area contributed by atoms with E-state index in [2.05, 4.69) is 51.0 Å². The molecule has 1 rings (SSSR count). The summed E-state index contributed by atoms with van der Waals surface area (Å²) in [5, 5.41) is 3.20. The van der Waals surface area contributed by atoms with Crippen molar-refractivity contribution in [1.82, 2.24) is 10.2 Å². The smallest absolute Gasteiger partial charge is 0.407 e. The molecule has 0 aliphatic carbocycles. The maximum absolute atomic E-state index is 12.3. The molecule has 1 fully saturated rings. The Labute approximate surface area is 187 Å². The molecule has 6 heteroatoms. The monoisotopic (exact) mass is 442 g/mol. The number of amides is 1. The van der Waals surface area contributed by atoms with E-state index >= 15 is 0 Å². The van der Waals surface area contributed by atoms with E-state index < -0.39 is 8.32 Å². The highest BCUT2D eigenvalue weighted by Gasteiger charge is 2.36. The van der Waals surface area contributed by atoms with Gasteiger partial charge in [-0.2, -0.15) is 0 Å². The number of alkyl carbamates (subject to hydrolysis) is 1. The van der Waals surface area contributed by atoms with Gasteiger partial charge in [-0.1, -0.05) is 53.4 Å². The van der Waals surface area contributed by atoms with Crippen LogP contribution >= 0.6 is 0 Å². The SMILES string of the molecule is CCCCCCC(CCCO[Si](C)(C)C(C)(C)C)OC(=O)NCCN1CCCCC1. The van der Waals surface area contributed by atoms with Gasteiger partial charge in [0.25, 0.3) is 0 Å². The van der Waals surface area contributed by atoms with Crippen molar-refractivity contribution in [2.24, 2.45) is 0 Å². The molecule has 1 unspecified atom stereocenters. The Balaban J connectivity index is 2.35. The van der Waals surface area contributed by atoms with E-state index in [4.69, 9.17) is 9.16 Å². The highest BCUT2D eigenvalue weighted by molar-refractivity contribution is 6.74. The van der Waals surface area contributed by atoms with Crippen LogP contribution in [0.1, 0.15) is 91.9 Å². The van der Waals surface area contributed by atoms with E-state index in [9.17, 15) is 4.79 Å². The van der Waals surface area contributed by atoms with Crippen LogP contribution in [0.2, 0.25) is 18.1 Å². The minimum absolute atomic E-state index is 0.000131. The fraction of sp³-hybridized carbons (Fsp3) is 0.958. The maximum Gasteiger partial charge on any atom is 0.407 e. The molecule has 0 saturated carbocycles. The summed E-state index contributed by atoms with van der Waals surface area (Å²) < 4.78 is 12.1. The minimum atomic E-state index is -1.70. The Morgan fingerprint density at radius 1 is 1.03 bits per heavy atom. The molecule has 1 amide bonds. The summed E-state index contributed by atoms with van der Waals surface area (Å²) in [5.74, 6) is 0. The van der Waals surface area contributed by atoms with Crippen LogP contribution < -0.4 is 5.32 Å². The second-order valence-electron chi connectivity index (χ2n) is 10.5. The van der Waals surface area contributed by atoms with Gasteiger partial charge in [-0.25, -0.2) is 4.79 Å². The van der Waals surface area contributed by atoms with Crippen LogP contribution in [-0.4, -0.2) is 58.2 Å². The number of piperidine rings is 1. The van der Waals surface area contributed by atoms with Crippen molar-refractivity contribution in [3.63, 3.8) is 0 Å². The summed E-state index contributed by atoms with van der Waals surface area (Å²) >= 11 is 0. The maximum atomic E-state index is 12.3. The van der Waals surface area contributed by atoms with Crippen LogP contribution in [0, 0.1) is 0 Å². The number of unbranched alkanes of at least 4 members (excludes halogenated alkanes) is 3. The number of hydrogen-bond donors (Lipinski definition) is 1. The molecule has 1 saturated heterocycles. The first-order valence-electron chi connectivity index (χ1n) is 12.5. The Morgan fingerprint density at radius 3 is 2.33 bits per heavy atom. The lowest BCUT2D eigenvalue weighted by Gasteiger charge is -2.36. The largest absolute Gasteiger partial charge is 0.446 e. The normalized spacial score (nSPS) is 17.0. The van der Waals surface area contributed by atoms with E-state index in [1.165, 1.54) is 38.5 Å². The van der Waals surface area contributed by atoms with Crippen LogP contribution in [0.25, 0.3) is 0 Å². The molecule has 178 valence electrons. The number of rotatable bonds is 14. The third-order valence-electron chi connectivity index (χ3n) is 6.74. The van der Waals surface area contributed by atoms with E-state index in [-0.39, 0.29) is 17.2 Å².